The van der Waals surface area contributed by atoms with Crippen molar-refractivity contribution >= 4 is 29.0 Å². The summed E-state index contributed by atoms with van der Waals surface area (Å²) < 4.78 is 81.0. The molecule has 2 heterocycles. The fourth-order valence-corrected chi connectivity index (χ4v) is 3.92. The predicted molar refractivity (Wildman–Crippen MR) is 94.9 cm³/mol. The van der Waals surface area contributed by atoms with Gasteiger partial charge in [-0.2, -0.15) is 17.5 Å². The fraction of sp³-hybridized carbons (Fsp3) is 0.235. The molecule has 0 spiro atoms. The van der Waals surface area contributed by atoms with Gasteiger partial charge in [0.25, 0.3) is 0 Å². The summed E-state index contributed by atoms with van der Waals surface area (Å²) >= 11 is 1.14. The molecule has 0 unspecified atom stereocenters. The van der Waals surface area contributed by atoms with Gasteiger partial charge in [0.1, 0.15) is 17.2 Å². The predicted octanol–water partition coefficient (Wildman–Crippen LogP) is 5.16. The first-order valence-corrected chi connectivity index (χ1v) is 9.50. The molecule has 0 aliphatic heterocycles. The Morgan fingerprint density at radius 3 is 2.41 bits per heavy atom. The molecule has 3 rings (SSSR count). The van der Waals surface area contributed by atoms with Gasteiger partial charge in [-0.3, -0.25) is 4.79 Å². The molecule has 2 aromatic heterocycles. The number of hydrogen-bond acceptors (Lipinski definition) is 6. The maximum absolute atomic E-state index is 14.2. The molecule has 0 saturated heterocycles. The third kappa shape index (κ3) is 4.88. The number of carboxylic acids is 1. The van der Waals surface area contributed by atoms with Gasteiger partial charge < -0.3 is 9.84 Å². The number of rotatable bonds is 7. The lowest BCUT2D eigenvalue weighted by Crippen LogP contribution is -2.09. The molecule has 0 aliphatic rings. The molecule has 0 fully saturated rings. The minimum Gasteiger partial charge on any atom is -0.483 e. The number of alkyl halides is 3. The maximum Gasteiger partial charge on any atom is 0.427 e. The summed E-state index contributed by atoms with van der Waals surface area (Å²) in [6.45, 7) is -0.763. The van der Waals surface area contributed by atoms with Gasteiger partial charge in [0.2, 0.25) is 0 Å². The van der Waals surface area contributed by atoms with Crippen LogP contribution in [0.25, 0.3) is 10.6 Å². The molecule has 0 amide bonds. The van der Waals surface area contributed by atoms with Gasteiger partial charge in [-0.25, -0.2) is 13.2 Å². The quantitative estimate of drug-likeness (QED) is 0.504. The van der Waals surface area contributed by atoms with Crippen LogP contribution in [0.5, 0.6) is 5.75 Å². The standard InChI is InChI=1S/C17H11F5N2O3S2/c18-10-5-8(1-2-13(25)26)6-11(19)15(10)27-7-9-14(12-3-4-23-28-12)24-29-16(9)17(20,21)22/h3-6H,1-2,7H2,(H,25,26). The number of hydrogen-bond donors (Lipinski definition) is 1. The molecule has 0 atom stereocenters. The summed E-state index contributed by atoms with van der Waals surface area (Å²) in [5, 5.41) is 8.64. The van der Waals surface area contributed by atoms with E-state index in [2.05, 4.69) is 8.75 Å². The molecule has 5 nitrogen and oxygen atoms in total. The van der Waals surface area contributed by atoms with E-state index < -0.39 is 41.0 Å². The van der Waals surface area contributed by atoms with Crippen LogP contribution in [-0.4, -0.2) is 19.8 Å². The van der Waals surface area contributed by atoms with E-state index in [9.17, 15) is 26.7 Å². The Hall–Kier alpha value is -2.60. The molecule has 154 valence electrons. The highest BCUT2D eigenvalue weighted by molar-refractivity contribution is 7.10. The van der Waals surface area contributed by atoms with E-state index in [0.29, 0.717) is 4.88 Å². The minimum absolute atomic E-state index is 0.0104. The van der Waals surface area contributed by atoms with E-state index >= 15 is 0 Å². The van der Waals surface area contributed by atoms with Crippen molar-refractivity contribution in [2.75, 3.05) is 0 Å². The summed E-state index contributed by atoms with van der Waals surface area (Å²) in [6, 6.07) is 3.26. The summed E-state index contributed by atoms with van der Waals surface area (Å²) in [7, 11) is 0. The normalized spacial score (nSPS) is 11.6. The highest BCUT2D eigenvalue weighted by atomic mass is 32.1. The average molecular weight is 450 g/mol. The van der Waals surface area contributed by atoms with Crippen molar-refractivity contribution in [1.29, 1.82) is 0 Å². The molecule has 3 aromatic rings. The van der Waals surface area contributed by atoms with E-state index in [4.69, 9.17) is 9.84 Å². The molecule has 0 aliphatic carbocycles. The van der Waals surface area contributed by atoms with Gasteiger partial charge in [0.05, 0.1) is 4.88 Å². The van der Waals surface area contributed by atoms with Gasteiger partial charge in [-0.05, 0) is 53.2 Å². The second kappa shape index (κ2) is 8.41. The van der Waals surface area contributed by atoms with Crippen molar-refractivity contribution in [1.82, 2.24) is 8.75 Å². The zero-order valence-corrected chi connectivity index (χ0v) is 15.9. The van der Waals surface area contributed by atoms with Gasteiger partial charge in [0.15, 0.2) is 17.4 Å². The van der Waals surface area contributed by atoms with Crippen molar-refractivity contribution in [3.8, 4) is 16.3 Å². The lowest BCUT2D eigenvalue weighted by molar-refractivity contribution is -0.137. The molecule has 0 radical (unpaired) electrons. The van der Waals surface area contributed by atoms with Gasteiger partial charge in [0, 0.05) is 18.2 Å². The Morgan fingerprint density at radius 1 is 1.17 bits per heavy atom. The number of halogens is 5. The third-order valence-electron chi connectivity index (χ3n) is 3.76. The Kier molecular flexibility index (Phi) is 6.13. The SMILES string of the molecule is O=C(O)CCc1cc(F)c(OCc2c(-c3ccns3)nsc2C(F)(F)F)c(F)c1. The summed E-state index contributed by atoms with van der Waals surface area (Å²) in [5.41, 5.74) is -0.266. The molecule has 1 N–H and O–H groups in total. The first-order chi connectivity index (χ1) is 13.7. The average Bonchev–Trinajstić information content (AvgIpc) is 3.27. The number of carbonyl (C=O) groups is 1. The van der Waals surface area contributed by atoms with Gasteiger partial charge in [-0.1, -0.05) is 0 Å². The lowest BCUT2D eigenvalue weighted by Gasteiger charge is -2.12. The molecule has 1 aromatic carbocycles. The second-order valence-corrected chi connectivity index (χ2v) is 7.39. The highest BCUT2D eigenvalue weighted by Crippen LogP contribution is 2.41. The van der Waals surface area contributed by atoms with Crippen molar-refractivity contribution in [2.24, 2.45) is 0 Å². The van der Waals surface area contributed by atoms with Crippen LogP contribution in [0.15, 0.2) is 24.4 Å². The first kappa shape index (κ1) is 21.1. The van der Waals surface area contributed by atoms with E-state index in [1.807, 2.05) is 0 Å². The van der Waals surface area contributed by atoms with Crippen LogP contribution >= 0.6 is 23.1 Å². The lowest BCUT2D eigenvalue weighted by atomic mass is 10.1. The van der Waals surface area contributed by atoms with E-state index in [0.717, 1.165) is 23.7 Å². The fourth-order valence-electron chi connectivity index (χ4n) is 2.49. The number of ether oxygens (including phenoxy) is 1. The zero-order chi connectivity index (χ0) is 21.2. The van der Waals surface area contributed by atoms with E-state index in [1.54, 1.807) is 0 Å². The van der Waals surface area contributed by atoms with Crippen LogP contribution in [0.1, 0.15) is 22.4 Å². The van der Waals surface area contributed by atoms with Gasteiger partial charge in [-0.15, -0.1) is 0 Å². The Morgan fingerprint density at radius 2 is 1.86 bits per heavy atom. The molecule has 29 heavy (non-hydrogen) atoms. The Balaban J connectivity index is 1.88. The molecule has 0 bridgehead atoms. The zero-order valence-electron chi connectivity index (χ0n) is 14.3. The molecule has 12 heteroatoms. The highest BCUT2D eigenvalue weighted by Gasteiger charge is 2.38. The van der Waals surface area contributed by atoms with Crippen LogP contribution < -0.4 is 4.74 Å². The smallest absolute Gasteiger partial charge is 0.427 e. The van der Waals surface area contributed by atoms with Crippen LogP contribution in [0, 0.1) is 11.6 Å². The topological polar surface area (TPSA) is 72.3 Å². The molecular weight excluding hydrogens is 439 g/mol. The van der Waals surface area contributed by atoms with Crippen molar-refractivity contribution in [3.63, 3.8) is 0 Å². The summed E-state index contributed by atoms with van der Waals surface area (Å²) in [5.74, 6) is -4.26. The third-order valence-corrected chi connectivity index (χ3v) is 5.45. The largest absolute Gasteiger partial charge is 0.483 e. The van der Waals surface area contributed by atoms with Crippen LogP contribution in [0.3, 0.4) is 0 Å². The van der Waals surface area contributed by atoms with Crippen LogP contribution in [0.4, 0.5) is 22.0 Å². The van der Waals surface area contributed by atoms with Crippen molar-refractivity contribution in [3.05, 3.63) is 52.0 Å². The number of carboxylic acid groups (broad SMARTS) is 1. The van der Waals surface area contributed by atoms with Gasteiger partial charge >= 0.3 is 12.1 Å². The number of benzene rings is 1. The van der Waals surface area contributed by atoms with E-state index in [-0.39, 0.29) is 41.2 Å². The molecule has 0 saturated carbocycles. The van der Waals surface area contributed by atoms with Crippen molar-refractivity contribution < 1.29 is 36.6 Å². The first-order valence-electron chi connectivity index (χ1n) is 7.96. The minimum atomic E-state index is -4.71. The Labute approximate surface area is 168 Å². The number of aryl methyl sites for hydroxylation is 1. The summed E-state index contributed by atoms with van der Waals surface area (Å²) in [4.78, 5) is 9.91. The number of nitrogens with zero attached hydrogens (tertiary/aromatic N) is 2. The maximum atomic E-state index is 14.2. The van der Waals surface area contributed by atoms with Crippen LogP contribution in [-0.2, 0) is 24.0 Å². The number of aromatic nitrogens is 2. The van der Waals surface area contributed by atoms with Crippen molar-refractivity contribution in [2.45, 2.75) is 25.6 Å². The molecular formula is C17H11F5N2O3S2. The van der Waals surface area contributed by atoms with E-state index in [1.165, 1.54) is 12.3 Å². The van der Waals surface area contributed by atoms with Crippen LogP contribution in [0.2, 0.25) is 0 Å². The summed E-state index contributed by atoms with van der Waals surface area (Å²) in [6.07, 6.45) is -3.75. The number of aliphatic carboxylic acids is 1. The second-order valence-electron chi connectivity index (χ2n) is 5.78. The monoisotopic (exact) mass is 450 g/mol. The Bertz CT molecular complexity index is 996.